The summed E-state index contributed by atoms with van der Waals surface area (Å²) in [5, 5.41) is 11.7. The van der Waals surface area contributed by atoms with Crippen molar-refractivity contribution in [1.82, 2.24) is 5.32 Å². The summed E-state index contributed by atoms with van der Waals surface area (Å²) >= 11 is 0. The summed E-state index contributed by atoms with van der Waals surface area (Å²) in [6, 6.07) is 3.97. The van der Waals surface area contributed by atoms with Gasteiger partial charge in [0.25, 0.3) is 5.91 Å². The topological polar surface area (TPSA) is 110 Å². The molecule has 0 radical (unpaired) electrons. The maximum Gasteiger partial charge on any atom is 0.308 e. The Labute approximate surface area is 141 Å². The van der Waals surface area contributed by atoms with Crippen molar-refractivity contribution in [1.29, 1.82) is 0 Å². The number of carbonyl (C=O) groups excluding carboxylic acids is 1. The van der Waals surface area contributed by atoms with E-state index in [2.05, 4.69) is 5.32 Å². The number of rotatable bonds is 8. The number of sulfone groups is 1. The van der Waals surface area contributed by atoms with Crippen molar-refractivity contribution in [2.45, 2.75) is 25.2 Å². The van der Waals surface area contributed by atoms with Crippen molar-refractivity contribution in [2.24, 2.45) is 11.8 Å². The lowest BCUT2D eigenvalue weighted by molar-refractivity contribution is -0.142. The van der Waals surface area contributed by atoms with Gasteiger partial charge < -0.3 is 15.2 Å². The number of benzene rings is 1. The first-order chi connectivity index (χ1) is 11.1. The normalized spacial score (nSPS) is 12.7. The molecule has 0 aromatic heterocycles. The first-order valence-corrected chi connectivity index (χ1v) is 9.34. The smallest absolute Gasteiger partial charge is 0.308 e. The highest BCUT2D eigenvalue weighted by Crippen LogP contribution is 2.22. The second kappa shape index (κ2) is 8.14. The summed E-state index contributed by atoms with van der Waals surface area (Å²) in [6.45, 7) is 3.76. The molecule has 1 rings (SSSR count). The Morgan fingerprint density at radius 2 is 1.92 bits per heavy atom. The van der Waals surface area contributed by atoms with Gasteiger partial charge >= 0.3 is 5.97 Å². The van der Waals surface area contributed by atoms with Crippen LogP contribution in [0.3, 0.4) is 0 Å². The average molecular weight is 357 g/mol. The van der Waals surface area contributed by atoms with Crippen LogP contribution in [0.25, 0.3) is 0 Å². The molecule has 0 spiro atoms. The molecule has 0 bridgehead atoms. The zero-order valence-corrected chi connectivity index (χ0v) is 15.0. The van der Waals surface area contributed by atoms with Crippen LogP contribution < -0.4 is 10.1 Å². The molecule has 1 amide bonds. The Kier molecular flexibility index (Phi) is 6.77. The fourth-order valence-electron chi connectivity index (χ4n) is 2.25. The monoisotopic (exact) mass is 357 g/mol. The lowest BCUT2D eigenvalue weighted by Gasteiger charge is -2.16. The van der Waals surface area contributed by atoms with Gasteiger partial charge in [0.2, 0.25) is 0 Å². The van der Waals surface area contributed by atoms with Crippen LogP contribution in [0.5, 0.6) is 5.75 Å². The van der Waals surface area contributed by atoms with Crippen LogP contribution in [0.4, 0.5) is 0 Å². The van der Waals surface area contributed by atoms with E-state index in [1.54, 1.807) is 0 Å². The number of nitrogens with one attached hydrogen (secondary N) is 1. The van der Waals surface area contributed by atoms with E-state index < -0.39 is 27.6 Å². The Hall–Kier alpha value is -2.09. The molecule has 0 saturated heterocycles. The standard InChI is InChI=1S/C16H23NO6S/c1-10(2)7-11(16(19)20)9-17-15(18)13-8-12(24(4,21)22)5-6-14(13)23-3/h5-6,8,10-11H,7,9H2,1-4H3,(H,17,18)(H,19,20). The van der Waals surface area contributed by atoms with Crippen molar-refractivity contribution >= 4 is 21.7 Å². The largest absolute Gasteiger partial charge is 0.496 e. The molecule has 0 saturated carbocycles. The maximum atomic E-state index is 12.3. The summed E-state index contributed by atoms with van der Waals surface area (Å²) in [5.74, 6) is -1.88. The van der Waals surface area contributed by atoms with Gasteiger partial charge in [0.05, 0.1) is 23.5 Å². The first-order valence-electron chi connectivity index (χ1n) is 7.45. The number of carbonyl (C=O) groups is 2. The van der Waals surface area contributed by atoms with E-state index in [0.29, 0.717) is 6.42 Å². The first kappa shape index (κ1) is 20.0. The predicted octanol–water partition coefficient (Wildman–Crippen LogP) is 1.58. The summed E-state index contributed by atoms with van der Waals surface area (Å²) < 4.78 is 28.3. The number of carboxylic acid groups (broad SMARTS) is 1. The molecule has 1 atom stereocenters. The quantitative estimate of drug-likeness (QED) is 0.731. The summed E-state index contributed by atoms with van der Waals surface area (Å²) in [5.41, 5.74) is 0.0501. The van der Waals surface area contributed by atoms with Gasteiger partial charge in [0.15, 0.2) is 9.84 Å². The lowest BCUT2D eigenvalue weighted by Crippen LogP contribution is -2.34. The van der Waals surface area contributed by atoms with Crippen LogP contribution in [0.1, 0.15) is 30.6 Å². The number of methoxy groups -OCH3 is 1. The Bertz CT molecular complexity index is 711. The number of hydrogen-bond donors (Lipinski definition) is 2. The van der Waals surface area contributed by atoms with Gasteiger partial charge in [-0.15, -0.1) is 0 Å². The van der Waals surface area contributed by atoms with E-state index in [4.69, 9.17) is 4.74 Å². The van der Waals surface area contributed by atoms with Crippen molar-refractivity contribution in [3.8, 4) is 5.75 Å². The van der Waals surface area contributed by atoms with Crippen LogP contribution in [0, 0.1) is 11.8 Å². The molecule has 0 heterocycles. The molecule has 1 aromatic rings. The molecule has 134 valence electrons. The van der Waals surface area contributed by atoms with Gasteiger partial charge in [-0.3, -0.25) is 9.59 Å². The second-order valence-electron chi connectivity index (χ2n) is 6.01. The molecule has 0 aliphatic rings. The highest BCUT2D eigenvalue weighted by atomic mass is 32.2. The highest BCUT2D eigenvalue weighted by molar-refractivity contribution is 7.90. The van der Waals surface area contributed by atoms with Gasteiger partial charge in [-0.2, -0.15) is 0 Å². The highest BCUT2D eigenvalue weighted by Gasteiger charge is 2.22. The van der Waals surface area contributed by atoms with E-state index in [1.165, 1.54) is 25.3 Å². The van der Waals surface area contributed by atoms with E-state index in [0.717, 1.165) is 6.26 Å². The molecule has 1 unspecified atom stereocenters. The summed E-state index contributed by atoms with van der Waals surface area (Å²) in [7, 11) is -2.11. The number of ether oxygens (including phenoxy) is 1. The fraction of sp³-hybridized carbons (Fsp3) is 0.500. The van der Waals surface area contributed by atoms with Gasteiger partial charge in [-0.05, 0) is 30.5 Å². The molecular weight excluding hydrogens is 334 g/mol. The zero-order chi connectivity index (χ0) is 18.5. The third-order valence-corrected chi connectivity index (χ3v) is 4.57. The van der Waals surface area contributed by atoms with E-state index in [-0.39, 0.29) is 28.7 Å². The number of amides is 1. The van der Waals surface area contributed by atoms with Crippen LogP contribution >= 0.6 is 0 Å². The number of aliphatic carboxylic acids is 1. The Balaban J connectivity index is 2.99. The minimum atomic E-state index is -3.47. The zero-order valence-electron chi connectivity index (χ0n) is 14.2. The van der Waals surface area contributed by atoms with Crippen molar-refractivity contribution in [3.05, 3.63) is 23.8 Å². The van der Waals surface area contributed by atoms with Crippen LogP contribution in [0.15, 0.2) is 23.1 Å². The van der Waals surface area contributed by atoms with E-state index >= 15 is 0 Å². The predicted molar refractivity (Wildman–Crippen MR) is 89.0 cm³/mol. The second-order valence-corrected chi connectivity index (χ2v) is 8.02. The molecule has 7 nitrogen and oxygen atoms in total. The van der Waals surface area contributed by atoms with Gasteiger partial charge in [-0.1, -0.05) is 13.8 Å². The lowest BCUT2D eigenvalue weighted by atomic mass is 9.97. The number of hydrogen-bond acceptors (Lipinski definition) is 5. The SMILES string of the molecule is COc1ccc(S(C)(=O)=O)cc1C(=O)NCC(CC(C)C)C(=O)O. The van der Waals surface area contributed by atoms with Crippen LogP contribution in [-0.2, 0) is 14.6 Å². The van der Waals surface area contributed by atoms with Crippen molar-refractivity contribution in [2.75, 3.05) is 19.9 Å². The Morgan fingerprint density at radius 1 is 1.29 bits per heavy atom. The van der Waals surface area contributed by atoms with Gasteiger partial charge in [0.1, 0.15) is 5.75 Å². The minimum absolute atomic E-state index is 0.00888. The summed E-state index contributed by atoms with van der Waals surface area (Å²) in [6.07, 6.45) is 1.47. The average Bonchev–Trinajstić information content (AvgIpc) is 2.48. The molecule has 0 aliphatic heterocycles. The molecule has 1 aromatic carbocycles. The van der Waals surface area contributed by atoms with Crippen molar-refractivity contribution < 1.29 is 27.9 Å². The molecule has 8 heteroatoms. The third kappa shape index (κ3) is 5.52. The maximum absolute atomic E-state index is 12.3. The van der Waals surface area contributed by atoms with Gasteiger partial charge in [0, 0.05) is 12.8 Å². The minimum Gasteiger partial charge on any atom is -0.496 e. The van der Waals surface area contributed by atoms with E-state index in [9.17, 15) is 23.1 Å². The Morgan fingerprint density at radius 3 is 2.38 bits per heavy atom. The molecule has 0 fully saturated rings. The summed E-state index contributed by atoms with van der Waals surface area (Å²) in [4.78, 5) is 23.6. The van der Waals surface area contributed by atoms with Crippen LogP contribution in [-0.4, -0.2) is 45.3 Å². The fourth-order valence-corrected chi connectivity index (χ4v) is 2.89. The molecule has 0 aliphatic carbocycles. The molecule has 2 N–H and O–H groups in total. The molecular formula is C16H23NO6S. The van der Waals surface area contributed by atoms with E-state index in [1.807, 2.05) is 13.8 Å². The third-order valence-electron chi connectivity index (χ3n) is 3.46. The molecule has 24 heavy (non-hydrogen) atoms. The van der Waals surface area contributed by atoms with Gasteiger partial charge in [-0.25, -0.2) is 8.42 Å². The van der Waals surface area contributed by atoms with Crippen molar-refractivity contribution in [3.63, 3.8) is 0 Å². The van der Waals surface area contributed by atoms with Crippen LogP contribution in [0.2, 0.25) is 0 Å². The number of carboxylic acids is 1.